The van der Waals surface area contributed by atoms with Crippen molar-refractivity contribution in [2.24, 2.45) is 11.8 Å². The zero-order valence-electron chi connectivity index (χ0n) is 12.9. The van der Waals surface area contributed by atoms with Gasteiger partial charge in [-0.05, 0) is 38.5 Å². The summed E-state index contributed by atoms with van der Waals surface area (Å²) in [5.74, 6) is -3.38. The van der Waals surface area contributed by atoms with Crippen LogP contribution in [0, 0.1) is 11.8 Å². The molecule has 0 saturated heterocycles. The largest absolute Gasteiger partial charge is 0.508 e. The number of ketones is 3. The summed E-state index contributed by atoms with van der Waals surface area (Å²) >= 11 is 0. The number of hydrogen-bond donors (Lipinski definition) is 2. The SMILES string of the molecule is CC(=O)[C@@H]1C(=O)C[C@@](C)(O)[C@H](C(C)=O)[C@H]1c1ccc(O)cc1. The Balaban J connectivity index is 2.61. The van der Waals surface area contributed by atoms with Crippen LogP contribution in [0.5, 0.6) is 5.75 Å². The molecule has 1 aromatic carbocycles. The maximum Gasteiger partial charge on any atom is 0.146 e. The minimum Gasteiger partial charge on any atom is -0.508 e. The van der Waals surface area contributed by atoms with Crippen LogP contribution in [0.15, 0.2) is 24.3 Å². The van der Waals surface area contributed by atoms with Crippen molar-refractivity contribution in [2.45, 2.75) is 38.7 Å². The van der Waals surface area contributed by atoms with Crippen molar-refractivity contribution >= 4 is 17.3 Å². The lowest BCUT2D eigenvalue weighted by molar-refractivity contribution is -0.151. The van der Waals surface area contributed by atoms with Crippen molar-refractivity contribution in [2.75, 3.05) is 0 Å². The average Bonchev–Trinajstić information content (AvgIpc) is 2.36. The highest BCUT2D eigenvalue weighted by Gasteiger charge is 2.53. The molecule has 0 aromatic heterocycles. The van der Waals surface area contributed by atoms with Crippen molar-refractivity contribution in [1.82, 2.24) is 0 Å². The Labute approximate surface area is 129 Å². The summed E-state index contributed by atoms with van der Waals surface area (Å²) in [5, 5.41) is 20.0. The van der Waals surface area contributed by atoms with E-state index in [0.29, 0.717) is 5.56 Å². The first-order valence-corrected chi connectivity index (χ1v) is 7.20. The normalized spacial score (nSPS) is 31.8. The summed E-state index contributed by atoms with van der Waals surface area (Å²) in [5.41, 5.74) is -0.899. The first-order chi connectivity index (χ1) is 10.1. The number of aliphatic hydroxyl groups is 1. The molecule has 0 bridgehead atoms. The Hall–Kier alpha value is -2.01. The van der Waals surface area contributed by atoms with E-state index in [1.807, 2.05) is 0 Å². The molecule has 0 unspecified atom stereocenters. The summed E-state index contributed by atoms with van der Waals surface area (Å²) < 4.78 is 0. The Kier molecular flexibility index (Phi) is 4.20. The number of hydrogen-bond acceptors (Lipinski definition) is 5. The van der Waals surface area contributed by atoms with Gasteiger partial charge >= 0.3 is 0 Å². The molecule has 5 nitrogen and oxygen atoms in total. The van der Waals surface area contributed by atoms with Crippen molar-refractivity contribution in [3.8, 4) is 5.75 Å². The molecule has 1 aromatic rings. The molecular weight excluding hydrogens is 284 g/mol. The highest BCUT2D eigenvalue weighted by Crippen LogP contribution is 2.46. The van der Waals surface area contributed by atoms with Gasteiger partial charge in [0.1, 0.15) is 23.1 Å². The highest BCUT2D eigenvalue weighted by atomic mass is 16.3. The predicted molar refractivity (Wildman–Crippen MR) is 79.4 cm³/mol. The minimum absolute atomic E-state index is 0.0522. The van der Waals surface area contributed by atoms with E-state index in [1.54, 1.807) is 12.1 Å². The second-order valence-corrected chi connectivity index (χ2v) is 6.29. The summed E-state index contributed by atoms with van der Waals surface area (Å²) in [4.78, 5) is 36.4. The summed E-state index contributed by atoms with van der Waals surface area (Å²) in [6, 6.07) is 6.05. The number of rotatable bonds is 3. The molecule has 0 spiro atoms. The van der Waals surface area contributed by atoms with Crippen molar-refractivity contribution in [3.05, 3.63) is 29.8 Å². The van der Waals surface area contributed by atoms with E-state index in [-0.39, 0.29) is 29.5 Å². The molecule has 5 heteroatoms. The van der Waals surface area contributed by atoms with Crippen LogP contribution < -0.4 is 0 Å². The molecule has 1 aliphatic carbocycles. The molecule has 2 N–H and O–H groups in total. The van der Waals surface area contributed by atoms with Crippen LogP contribution in [0.1, 0.15) is 38.7 Å². The number of phenolic OH excluding ortho intramolecular Hbond substituents is 1. The summed E-state index contributed by atoms with van der Waals surface area (Å²) in [6.45, 7) is 4.15. The lowest BCUT2D eigenvalue weighted by atomic mass is 9.60. The molecule has 118 valence electrons. The fourth-order valence-corrected chi connectivity index (χ4v) is 3.60. The number of phenols is 1. The van der Waals surface area contributed by atoms with E-state index < -0.39 is 23.4 Å². The topological polar surface area (TPSA) is 91.7 Å². The minimum atomic E-state index is -1.49. The number of Topliss-reactive ketones (excluding diaryl/α,β-unsaturated/α-hetero) is 3. The van der Waals surface area contributed by atoms with Gasteiger partial charge in [0, 0.05) is 12.3 Å². The molecule has 2 rings (SSSR count). The molecule has 0 heterocycles. The van der Waals surface area contributed by atoms with Crippen LogP contribution in [0.25, 0.3) is 0 Å². The number of benzene rings is 1. The van der Waals surface area contributed by atoms with Gasteiger partial charge in [-0.2, -0.15) is 0 Å². The monoisotopic (exact) mass is 304 g/mol. The fourth-order valence-electron chi connectivity index (χ4n) is 3.60. The average molecular weight is 304 g/mol. The van der Waals surface area contributed by atoms with Crippen LogP contribution in [-0.2, 0) is 14.4 Å². The lowest BCUT2D eigenvalue weighted by Crippen LogP contribution is -2.53. The second kappa shape index (κ2) is 5.65. The van der Waals surface area contributed by atoms with Gasteiger partial charge in [-0.3, -0.25) is 14.4 Å². The molecule has 0 amide bonds. The van der Waals surface area contributed by atoms with Gasteiger partial charge in [-0.15, -0.1) is 0 Å². The van der Waals surface area contributed by atoms with Crippen molar-refractivity contribution in [1.29, 1.82) is 0 Å². The third-order valence-corrected chi connectivity index (χ3v) is 4.42. The van der Waals surface area contributed by atoms with Crippen LogP contribution >= 0.6 is 0 Å². The van der Waals surface area contributed by atoms with Gasteiger partial charge in [-0.1, -0.05) is 12.1 Å². The number of carbonyl (C=O) groups is 3. The lowest BCUT2D eigenvalue weighted by Gasteiger charge is -2.44. The van der Waals surface area contributed by atoms with E-state index >= 15 is 0 Å². The zero-order valence-corrected chi connectivity index (χ0v) is 12.9. The first-order valence-electron chi connectivity index (χ1n) is 7.20. The molecular formula is C17H20O5. The Morgan fingerprint density at radius 3 is 2.14 bits per heavy atom. The van der Waals surface area contributed by atoms with Crippen molar-refractivity contribution in [3.63, 3.8) is 0 Å². The van der Waals surface area contributed by atoms with E-state index in [0.717, 1.165) is 0 Å². The van der Waals surface area contributed by atoms with E-state index in [2.05, 4.69) is 0 Å². The quantitative estimate of drug-likeness (QED) is 0.828. The summed E-state index contributed by atoms with van der Waals surface area (Å²) in [7, 11) is 0. The predicted octanol–water partition coefficient (Wildman–Crippen LogP) is 1.61. The van der Waals surface area contributed by atoms with E-state index in [9.17, 15) is 24.6 Å². The van der Waals surface area contributed by atoms with E-state index in [1.165, 1.54) is 32.9 Å². The highest BCUT2D eigenvalue weighted by molar-refractivity contribution is 6.05. The smallest absolute Gasteiger partial charge is 0.146 e. The zero-order chi connectivity index (χ0) is 16.7. The van der Waals surface area contributed by atoms with Crippen LogP contribution in [0.2, 0.25) is 0 Å². The molecule has 1 aliphatic rings. The fraction of sp³-hybridized carbons (Fsp3) is 0.471. The Morgan fingerprint density at radius 1 is 1.14 bits per heavy atom. The third kappa shape index (κ3) is 2.81. The molecule has 1 fully saturated rings. The maximum absolute atomic E-state index is 12.3. The van der Waals surface area contributed by atoms with Gasteiger partial charge in [0.2, 0.25) is 0 Å². The standard InChI is InChI=1S/C17H20O5/c1-9(18)14-13(21)8-17(3,22)16(10(2)19)15(14)11-4-6-12(20)7-5-11/h4-7,14-16,20,22H,8H2,1-3H3/t14-,15+,16-,17-/m1/s1. The molecule has 0 aliphatic heterocycles. The number of carbonyl (C=O) groups excluding carboxylic acids is 3. The van der Waals surface area contributed by atoms with Crippen LogP contribution in [-0.4, -0.2) is 33.2 Å². The molecule has 4 atom stereocenters. The first kappa shape index (κ1) is 16.4. The Morgan fingerprint density at radius 2 is 1.68 bits per heavy atom. The number of aromatic hydroxyl groups is 1. The second-order valence-electron chi connectivity index (χ2n) is 6.29. The van der Waals surface area contributed by atoms with Crippen LogP contribution in [0.3, 0.4) is 0 Å². The summed E-state index contributed by atoms with van der Waals surface area (Å²) in [6.07, 6.45) is -0.212. The van der Waals surface area contributed by atoms with Gasteiger partial charge in [0.05, 0.1) is 17.4 Å². The maximum atomic E-state index is 12.3. The van der Waals surface area contributed by atoms with Crippen LogP contribution in [0.4, 0.5) is 0 Å². The van der Waals surface area contributed by atoms with Gasteiger partial charge in [0.25, 0.3) is 0 Å². The van der Waals surface area contributed by atoms with E-state index in [4.69, 9.17) is 0 Å². The molecule has 0 radical (unpaired) electrons. The molecule has 1 saturated carbocycles. The Bertz CT molecular complexity index is 614. The van der Waals surface area contributed by atoms with Gasteiger partial charge in [-0.25, -0.2) is 0 Å². The molecule has 22 heavy (non-hydrogen) atoms. The van der Waals surface area contributed by atoms with Gasteiger partial charge < -0.3 is 10.2 Å². The van der Waals surface area contributed by atoms with Gasteiger partial charge in [0.15, 0.2) is 0 Å². The third-order valence-electron chi connectivity index (χ3n) is 4.42. The van der Waals surface area contributed by atoms with Crippen molar-refractivity contribution < 1.29 is 24.6 Å².